The molecule has 0 fully saturated rings. The van der Waals surface area contributed by atoms with E-state index in [9.17, 15) is 4.79 Å². The predicted molar refractivity (Wildman–Crippen MR) is 77.9 cm³/mol. The number of allylic oxidation sites excluding steroid dienone is 2. The van der Waals surface area contributed by atoms with E-state index in [4.69, 9.17) is 0 Å². The molecule has 1 atom stereocenters. The van der Waals surface area contributed by atoms with Crippen LogP contribution in [0.5, 0.6) is 0 Å². The summed E-state index contributed by atoms with van der Waals surface area (Å²) in [7, 11) is 0. The zero-order chi connectivity index (χ0) is 12.6. The molecule has 1 aromatic rings. The van der Waals surface area contributed by atoms with E-state index in [1.165, 1.54) is 4.90 Å². The molecule has 1 aliphatic rings. The summed E-state index contributed by atoms with van der Waals surface area (Å²) in [5.41, 5.74) is 0. The smallest absolute Gasteiger partial charge is 0.146 e. The summed E-state index contributed by atoms with van der Waals surface area (Å²) in [6.07, 6.45) is 10.5. The number of hydrogen-bond donors (Lipinski definition) is 0. The van der Waals surface area contributed by atoms with Gasteiger partial charge in [0.15, 0.2) is 0 Å². The first-order valence-electron chi connectivity index (χ1n) is 6.75. The first kappa shape index (κ1) is 13.4. The van der Waals surface area contributed by atoms with Crippen molar-refractivity contribution in [3.05, 3.63) is 42.5 Å². The molecule has 0 saturated carbocycles. The third-order valence-corrected chi connectivity index (χ3v) is 4.51. The highest BCUT2D eigenvalue weighted by Gasteiger charge is 2.19. The second-order valence-corrected chi connectivity index (χ2v) is 5.96. The highest BCUT2D eigenvalue weighted by atomic mass is 32.2. The van der Waals surface area contributed by atoms with Crippen LogP contribution in [0.4, 0.5) is 0 Å². The lowest BCUT2D eigenvalue weighted by atomic mass is 10.0. The van der Waals surface area contributed by atoms with Gasteiger partial charge in [0.1, 0.15) is 5.78 Å². The Hall–Kier alpha value is -1.02. The Morgan fingerprint density at radius 1 is 1.00 bits per heavy atom. The van der Waals surface area contributed by atoms with Crippen LogP contribution in [0.3, 0.4) is 0 Å². The molecule has 0 aromatic heterocycles. The molecule has 2 rings (SSSR count). The maximum Gasteiger partial charge on any atom is 0.146 e. The molecule has 1 nitrogen and oxygen atoms in total. The number of hydrogen-bond acceptors (Lipinski definition) is 2. The van der Waals surface area contributed by atoms with Gasteiger partial charge in [-0.2, -0.15) is 0 Å². The van der Waals surface area contributed by atoms with Crippen molar-refractivity contribution in [2.75, 3.05) is 0 Å². The summed E-state index contributed by atoms with van der Waals surface area (Å²) in [5, 5.41) is 0.152. The lowest BCUT2D eigenvalue weighted by molar-refractivity contribution is -0.118. The monoisotopic (exact) mass is 260 g/mol. The quantitative estimate of drug-likeness (QED) is 0.721. The Kier molecular flexibility index (Phi) is 5.53. The maximum atomic E-state index is 12.2. The van der Waals surface area contributed by atoms with Crippen molar-refractivity contribution in [1.82, 2.24) is 0 Å². The van der Waals surface area contributed by atoms with Crippen molar-refractivity contribution in [2.24, 2.45) is 0 Å². The van der Waals surface area contributed by atoms with Crippen LogP contribution in [0.15, 0.2) is 47.4 Å². The van der Waals surface area contributed by atoms with Crippen molar-refractivity contribution < 1.29 is 4.79 Å². The molecule has 0 amide bonds. The zero-order valence-corrected chi connectivity index (χ0v) is 11.5. The summed E-state index contributed by atoms with van der Waals surface area (Å²) < 4.78 is 0. The fourth-order valence-electron chi connectivity index (χ4n) is 2.16. The normalized spacial score (nSPS) is 23.6. The number of carbonyl (C=O) groups excluding carboxylic acids is 1. The maximum absolute atomic E-state index is 12.2. The minimum absolute atomic E-state index is 0.152. The van der Waals surface area contributed by atoms with Gasteiger partial charge in [0.05, 0.1) is 5.25 Å². The van der Waals surface area contributed by atoms with Gasteiger partial charge in [0.25, 0.3) is 0 Å². The molecular formula is C16H20OS. The minimum atomic E-state index is 0.152. The van der Waals surface area contributed by atoms with Gasteiger partial charge in [-0.25, -0.2) is 0 Å². The average molecular weight is 260 g/mol. The van der Waals surface area contributed by atoms with Gasteiger partial charge in [-0.15, -0.1) is 11.8 Å². The van der Waals surface area contributed by atoms with Crippen LogP contribution >= 0.6 is 11.8 Å². The largest absolute Gasteiger partial charge is 0.298 e. The van der Waals surface area contributed by atoms with Gasteiger partial charge in [0, 0.05) is 11.3 Å². The molecule has 1 aromatic carbocycles. The summed E-state index contributed by atoms with van der Waals surface area (Å²) in [5.74, 6) is 0.430. The SMILES string of the molecule is O=C1CCC/C=C\CCC[C@@H]1Sc1ccccc1. The van der Waals surface area contributed by atoms with Gasteiger partial charge < -0.3 is 0 Å². The van der Waals surface area contributed by atoms with E-state index in [0.717, 1.165) is 38.5 Å². The fourth-order valence-corrected chi connectivity index (χ4v) is 3.34. The lowest BCUT2D eigenvalue weighted by Crippen LogP contribution is -2.17. The average Bonchev–Trinajstić information content (AvgIpc) is 2.41. The second-order valence-electron chi connectivity index (χ2n) is 4.68. The fraction of sp³-hybridized carbons (Fsp3) is 0.438. The standard InChI is InChI=1S/C16H20OS/c17-15-12-8-3-1-2-4-9-13-16(15)18-14-10-6-5-7-11-14/h1-2,5-7,10-11,16H,3-4,8-9,12-13H2/b2-1-/t16-/m0/s1. The molecule has 96 valence electrons. The van der Waals surface area contributed by atoms with Crippen LogP contribution in [0.2, 0.25) is 0 Å². The molecule has 0 radical (unpaired) electrons. The predicted octanol–water partition coefficient (Wildman–Crippen LogP) is 4.63. The van der Waals surface area contributed by atoms with Crippen molar-refractivity contribution in [1.29, 1.82) is 0 Å². The highest BCUT2D eigenvalue weighted by Crippen LogP contribution is 2.28. The van der Waals surface area contributed by atoms with E-state index < -0.39 is 0 Å². The molecule has 0 saturated heterocycles. The molecule has 2 heteroatoms. The third-order valence-electron chi connectivity index (χ3n) is 3.18. The number of rotatable bonds is 2. The van der Waals surface area contributed by atoms with Crippen molar-refractivity contribution in [3.8, 4) is 0 Å². The third kappa shape index (κ3) is 4.34. The van der Waals surface area contributed by atoms with Gasteiger partial charge in [-0.1, -0.05) is 30.4 Å². The van der Waals surface area contributed by atoms with Crippen molar-refractivity contribution >= 4 is 17.5 Å². The first-order valence-corrected chi connectivity index (χ1v) is 7.63. The van der Waals surface area contributed by atoms with E-state index >= 15 is 0 Å². The van der Waals surface area contributed by atoms with Crippen LogP contribution in [0, 0.1) is 0 Å². The van der Waals surface area contributed by atoms with Crippen LogP contribution in [-0.4, -0.2) is 11.0 Å². The molecule has 0 spiro atoms. The Morgan fingerprint density at radius 3 is 2.50 bits per heavy atom. The van der Waals surface area contributed by atoms with Gasteiger partial charge >= 0.3 is 0 Å². The molecule has 0 heterocycles. The van der Waals surface area contributed by atoms with E-state index in [-0.39, 0.29) is 5.25 Å². The van der Waals surface area contributed by atoms with Gasteiger partial charge in [-0.3, -0.25) is 4.79 Å². The highest BCUT2D eigenvalue weighted by molar-refractivity contribution is 8.00. The zero-order valence-electron chi connectivity index (χ0n) is 10.7. The van der Waals surface area contributed by atoms with Crippen LogP contribution < -0.4 is 0 Å². The Balaban J connectivity index is 1.99. The number of thioether (sulfide) groups is 1. The van der Waals surface area contributed by atoms with Gasteiger partial charge in [0.2, 0.25) is 0 Å². The number of benzene rings is 1. The van der Waals surface area contributed by atoms with Crippen molar-refractivity contribution in [2.45, 2.75) is 48.7 Å². The Bertz CT molecular complexity index is 397. The molecule has 0 bridgehead atoms. The van der Waals surface area contributed by atoms with Crippen LogP contribution in [-0.2, 0) is 4.79 Å². The van der Waals surface area contributed by atoms with E-state index in [1.54, 1.807) is 11.8 Å². The number of carbonyl (C=O) groups is 1. The van der Waals surface area contributed by atoms with E-state index in [1.807, 2.05) is 18.2 Å². The van der Waals surface area contributed by atoms with Crippen molar-refractivity contribution in [3.63, 3.8) is 0 Å². The molecule has 18 heavy (non-hydrogen) atoms. The lowest BCUT2D eigenvalue weighted by Gasteiger charge is -2.16. The minimum Gasteiger partial charge on any atom is -0.298 e. The molecule has 1 aliphatic carbocycles. The van der Waals surface area contributed by atoms with E-state index in [0.29, 0.717) is 5.78 Å². The molecule has 0 aliphatic heterocycles. The summed E-state index contributed by atoms with van der Waals surface area (Å²) in [6, 6.07) is 10.3. The molecular weight excluding hydrogens is 240 g/mol. The second kappa shape index (κ2) is 7.42. The van der Waals surface area contributed by atoms with Crippen LogP contribution in [0.25, 0.3) is 0 Å². The summed E-state index contributed by atoms with van der Waals surface area (Å²) in [6.45, 7) is 0. The Morgan fingerprint density at radius 2 is 1.72 bits per heavy atom. The summed E-state index contributed by atoms with van der Waals surface area (Å²) >= 11 is 1.74. The number of ketones is 1. The van der Waals surface area contributed by atoms with E-state index in [2.05, 4.69) is 24.3 Å². The Labute approximate surface area is 114 Å². The first-order chi connectivity index (χ1) is 8.86. The topological polar surface area (TPSA) is 17.1 Å². The summed E-state index contributed by atoms with van der Waals surface area (Å²) in [4.78, 5) is 13.4. The molecule has 0 unspecified atom stereocenters. The van der Waals surface area contributed by atoms with Crippen LogP contribution in [0.1, 0.15) is 38.5 Å². The number of Topliss-reactive ketones (excluding diaryl/α,β-unsaturated/α-hetero) is 1. The molecule has 0 N–H and O–H groups in total. The van der Waals surface area contributed by atoms with Gasteiger partial charge in [-0.05, 0) is 44.2 Å².